The normalized spacial score (nSPS) is 21.2. The molecule has 2 aliphatic rings. The Labute approximate surface area is 164 Å². The highest BCUT2D eigenvalue weighted by molar-refractivity contribution is 5.91. The number of fused-ring (bicyclic) bond motifs is 1. The van der Waals surface area contributed by atoms with Crippen LogP contribution in [0.15, 0.2) is 54.9 Å². The van der Waals surface area contributed by atoms with Crippen LogP contribution in [0.5, 0.6) is 0 Å². The minimum absolute atomic E-state index is 0.115. The topological polar surface area (TPSA) is 49.0 Å². The van der Waals surface area contributed by atoms with E-state index in [-0.39, 0.29) is 11.8 Å². The summed E-state index contributed by atoms with van der Waals surface area (Å²) in [4.78, 5) is 22.5. The zero-order valence-electron chi connectivity index (χ0n) is 15.6. The van der Waals surface area contributed by atoms with E-state index in [2.05, 4.69) is 40.2 Å². The van der Waals surface area contributed by atoms with E-state index in [1.54, 1.807) is 6.20 Å². The molecular weight excluding hydrogens is 346 g/mol. The lowest BCUT2D eigenvalue weighted by atomic mass is 9.99. The molecule has 0 spiro atoms. The molecule has 4 heteroatoms. The number of terminal acetylenes is 1. The average molecular weight is 367 g/mol. The van der Waals surface area contributed by atoms with E-state index in [1.165, 1.54) is 16.7 Å². The number of nitrogens with one attached hydrogen (secondary N) is 1. The van der Waals surface area contributed by atoms with Crippen molar-refractivity contribution in [3.8, 4) is 12.3 Å². The number of hydrogen-bond acceptors (Lipinski definition) is 2. The number of carbonyl (C=O) groups is 1. The second-order valence-electron chi connectivity index (χ2n) is 7.58. The van der Waals surface area contributed by atoms with Gasteiger partial charge in [0.1, 0.15) is 5.65 Å². The molecule has 1 aliphatic carbocycles. The van der Waals surface area contributed by atoms with Crippen LogP contribution in [0.1, 0.15) is 35.4 Å². The number of rotatable bonds is 3. The van der Waals surface area contributed by atoms with E-state index in [9.17, 15) is 4.79 Å². The third-order valence-electron chi connectivity index (χ3n) is 5.93. The van der Waals surface area contributed by atoms with Gasteiger partial charge in [-0.15, -0.1) is 6.42 Å². The summed E-state index contributed by atoms with van der Waals surface area (Å²) in [6.07, 6.45) is 13.2. The Balaban J connectivity index is 1.26. The third-order valence-corrected chi connectivity index (χ3v) is 5.93. The quantitative estimate of drug-likeness (QED) is 0.712. The highest BCUT2D eigenvalue weighted by Crippen LogP contribution is 2.48. The van der Waals surface area contributed by atoms with Gasteiger partial charge in [-0.1, -0.05) is 24.1 Å². The van der Waals surface area contributed by atoms with Crippen molar-refractivity contribution >= 4 is 22.5 Å². The van der Waals surface area contributed by atoms with Crippen LogP contribution < -0.4 is 0 Å². The van der Waals surface area contributed by atoms with E-state index < -0.39 is 0 Å². The molecule has 1 amide bonds. The number of aromatic nitrogens is 2. The van der Waals surface area contributed by atoms with E-state index in [0.29, 0.717) is 12.5 Å². The Morgan fingerprint density at radius 2 is 2.11 bits per heavy atom. The lowest BCUT2D eigenvalue weighted by molar-refractivity contribution is -0.132. The first-order valence-electron chi connectivity index (χ1n) is 9.71. The fraction of sp³-hybridized carbons (Fsp3) is 0.250. The fourth-order valence-corrected chi connectivity index (χ4v) is 4.23. The summed E-state index contributed by atoms with van der Waals surface area (Å²) in [7, 11) is 0. The maximum absolute atomic E-state index is 12.9. The number of carbonyl (C=O) groups excluding carboxylic acids is 1. The SMILES string of the molecule is C#Cc1ccc(C2CC2C(=O)N2CC=C(c3c[nH]c4ncccc34)CC2)cc1. The van der Waals surface area contributed by atoms with Gasteiger partial charge in [-0.2, -0.15) is 0 Å². The van der Waals surface area contributed by atoms with Gasteiger partial charge in [0.05, 0.1) is 0 Å². The van der Waals surface area contributed by atoms with Crippen molar-refractivity contribution in [2.75, 3.05) is 13.1 Å². The Kier molecular flexibility index (Phi) is 4.02. The molecule has 1 N–H and O–H groups in total. The van der Waals surface area contributed by atoms with Crippen molar-refractivity contribution in [3.05, 3.63) is 71.6 Å². The molecule has 0 bridgehead atoms. The molecule has 2 aromatic heterocycles. The second-order valence-corrected chi connectivity index (χ2v) is 7.58. The van der Waals surface area contributed by atoms with Crippen LogP contribution >= 0.6 is 0 Å². The molecule has 1 aliphatic heterocycles. The Bertz CT molecular complexity index is 1120. The highest BCUT2D eigenvalue weighted by Gasteiger charge is 2.45. The van der Waals surface area contributed by atoms with E-state index in [1.807, 2.05) is 29.3 Å². The molecule has 28 heavy (non-hydrogen) atoms. The summed E-state index contributed by atoms with van der Waals surface area (Å²) >= 11 is 0. The third kappa shape index (κ3) is 2.90. The number of amides is 1. The van der Waals surface area contributed by atoms with E-state index in [0.717, 1.165) is 36.0 Å². The van der Waals surface area contributed by atoms with Crippen LogP contribution in [0.2, 0.25) is 0 Å². The van der Waals surface area contributed by atoms with Crippen LogP contribution in [0, 0.1) is 18.3 Å². The number of nitrogens with zero attached hydrogens (tertiary/aromatic N) is 2. The zero-order valence-corrected chi connectivity index (χ0v) is 15.6. The Morgan fingerprint density at radius 1 is 1.25 bits per heavy atom. The van der Waals surface area contributed by atoms with Crippen LogP contribution in [0.4, 0.5) is 0 Å². The minimum atomic E-state index is 0.115. The maximum atomic E-state index is 12.9. The van der Waals surface area contributed by atoms with Gasteiger partial charge >= 0.3 is 0 Å². The summed E-state index contributed by atoms with van der Waals surface area (Å²) in [6, 6.07) is 12.1. The first-order chi connectivity index (χ1) is 13.7. The summed E-state index contributed by atoms with van der Waals surface area (Å²) in [6.45, 7) is 1.46. The molecule has 5 rings (SSSR count). The van der Waals surface area contributed by atoms with Gasteiger partial charge in [0.25, 0.3) is 0 Å². The first-order valence-corrected chi connectivity index (χ1v) is 9.71. The minimum Gasteiger partial charge on any atom is -0.346 e. The molecule has 0 saturated heterocycles. The lowest BCUT2D eigenvalue weighted by Crippen LogP contribution is -2.36. The molecule has 0 radical (unpaired) electrons. The van der Waals surface area contributed by atoms with Gasteiger partial charge < -0.3 is 9.88 Å². The van der Waals surface area contributed by atoms with Crippen molar-refractivity contribution in [2.45, 2.75) is 18.8 Å². The summed E-state index contributed by atoms with van der Waals surface area (Å²) < 4.78 is 0. The molecule has 4 nitrogen and oxygen atoms in total. The molecule has 3 heterocycles. The summed E-state index contributed by atoms with van der Waals surface area (Å²) in [5.74, 6) is 3.37. The van der Waals surface area contributed by atoms with Gasteiger partial charge in [0.15, 0.2) is 0 Å². The fourth-order valence-electron chi connectivity index (χ4n) is 4.23. The largest absolute Gasteiger partial charge is 0.346 e. The number of benzene rings is 1. The van der Waals surface area contributed by atoms with Crippen molar-refractivity contribution in [3.63, 3.8) is 0 Å². The summed E-state index contributed by atoms with van der Waals surface area (Å²) in [5, 5.41) is 1.14. The molecule has 1 saturated carbocycles. The van der Waals surface area contributed by atoms with Gasteiger partial charge in [-0.3, -0.25) is 4.79 Å². The number of aromatic amines is 1. The van der Waals surface area contributed by atoms with Gasteiger partial charge in [-0.25, -0.2) is 4.98 Å². The van der Waals surface area contributed by atoms with Crippen molar-refractivity contribution in [1.82, 2.24) is 14.9 Å². The number of pyridine rings is 1. The number of hydrogen-bond donors (Lipinski definition) is 1. The van der Waals surface area contributed by atoms with Gasteiger partial charge in [0, 0.05) is 47.9 Å². The van der Waals surface area contributed by atoms with Crippen LogP contribution in [0.3, 0.4) is 0 Å². The molecule has 3 aromatic rings. The van der Waals surface area contributed by atoms with Crippen molar-refractivity contribution in [2.24, 2.45) is 5.92 Å². The van der Waals surface area contributed by atoms with E-state index in [4.69, 9.17) is 6.42 Å². The average Bonchev–Trinajstić information content (AvgIpc) is 3.45. The van der Waals surface area contributed by atoms with Crippen molar-refractivity contribution in [1.29, 1.82) is 0 Å². The predicted octanol–water partition coefficient (Wildman–Crippen LogP) is 3.96. The maximum Gasteiger partial charge on any atom is 0.226 e. The Morgan fingerprint density at radius 3 is 2.86 bits per heavy atom. The Hall–Kier alpha value is -3.32. The monoisotopic (exact) mass is 367 g/mol. The van der Waals surface area contributed by atoms with E-state index >= 15 is 0 Å². The molecule has 1 aromatic carbocycles. The smallest absolute Gasteiger partial charge is 0.226 e. The van der Waals surface area contributed by atoms with Crippen LogP contribution in [-0.4, -0.2) is 33.9 Å². The molecule has 2 unspecified atom stereocenters. The lowest BCUT2D eigenvalue weighted by Gasteiger charge is -2.27. The molecule has 138 valence electrons. The first kappa shape index (κ1) is 16.8. The highest BCUT2D eigenvalue weighted by atomic mass is 16.2. The van der Waals surface area contributed by atoms with Gasteiger partial charge in [0.2, 0.25) is 5.91 Å². The van der Waals surface area contributed by atoms with Crippen molar-refractivity contribution < 1.29 is 4.79 Å². The predicted molar refractivity (Wildman–Crippen MR) is 110 cm³/mol. The van der Waals surface area contributed by atoms with Crippen LogP contribution in [0.25, 0.3) is 16.6 Å². The standard InChI is InChI=1S/C24H21N3O/c1-2-16-5-7-17(8-6-16)20-14-21(20)24(28)27-12-9-18(10-13-27)22-15-26-23-19(22)4-3-11-25-23/h1,3-9,11,15,20-21H,10,12-14H2,(H,25,26). The second kappa shape index (κ2) is 6.69. The molecule has 1 fully saturated rings. The molecular formula is C24H21N3O. The summed E-state index contributed by atoms with van der Waals surface area (Å²) in [5.41, 5.74) is 5.51. The van der Waals surface area contributed by atoms with Gasteiger partial charge in [-0.05, 0) is 54.2 Å². The molecule has 2 atom stereocenters. The number of H-pyrrole nitrogens is 1. The zero-order chi connectivity index (χ0) is 19.1. The van der Waals surface area contributed by atoms with Crippen LogP contribution in [-0.2, 0) is 4.79 Å².